The van der Waals surface area contributed by atoms with Crippen LogP contribution < -0.4 is 16.2 Å². The molecule has 1 fully saturated rings. The second-order valence-corrected chi connectivity index (χ2v) is 5.23. The van der Waals surface area contributed by atoms with Crippen LogP contribution in [0, 0.1) is 13.8 Å². The third-order valence-electron chi connectivity index (χ3n) is 3.27. The molecular formula is C12H21N5O. The monoisotopic (exact) mass is 251 g/mol. The molecule has 0 amide bonds. The molecule has 0 atom stereocenters. The Morgan fingerprint density at radius 2 is 2.06 bits per heavy atom. The van der Waals surface area contributed by atoms with Gasteiger partial charge in [-0.1, -0.05) is 0 Å². The molecule has 0 bridgehead atoms. The van der Waals surface area contributed by atoms with Gasteiger partial charge in [0.15, 0.2) is 0 Å². The predicted molar refractivity (Wildman–Crippen MR) is 71.6 cm³/mol. The molecule has 6 nitrogen and oxygen atoms in total. The quantitative estimate of drug-likeness (QED) is 0.603. The van der Waals surface area contributed by atoms with E-state index < -0.39 is 0 Å². The van der Waals surface area contributed by atoms with Gasteiger partial charge in [0.1, 0.15) is 17.5 Å². The lowest BCUT2D eigenvalue weighted by Crippen LogP contribution is -2.53. The van der Waals surface area contributed by atoms with E-state index in [0.717, 1.165) is 24.5 Å². The van der Waals surface area contributed by atoms with Crippen LogP contribution in [0.2, 0.25) is 0 Å². The number of aromatic nitrogens is 2. The van der Waals surface area contributed by atoms with E-state index in [1.165, 1.54) is 0 Å². The van der Waals surface area contributed by atoms with Gasteiger partial charge in [0, 0.05) is 12.1 Å². The third-order valence-corrected chi connectivity index (χ3v) is 3.27. The maximum absolute atomic E-state index is 5.54. The van der Waals surface area contributed by atoms with E-state index in [0.29, 0.717) is 18.2 Å². The number of hydrogen-bond donors (Lipinski definition) is 2. The molecule has 1 aliphatic rings. The number of nitrogens with one attached hydrogen (secondary N) is 1. The van der Waals surface area contributed by atoms with Gasteiger partial charge in [-0.3, -0.25) is 0 Å². The van der Waals surface area contributed by atoms with Crippen LogP contribution in [-0.4, -0.2) is 35.3 Å². The fourth-order valence-electron chi connectivity index (χ4n) is 2.27. The van der Waals surface area contributed by atoms with Gasteiger partial charge in [-0.15, -0.1) is 0 Å². The molecule has 2 rings (SSSR count). The summed E-state index contributed by atoms with van der Waals surface area (Å²) in [5.74, 6) is 7.83. The van der Waals surface area contributed by atoms with Crippen molar-refractivity contribution in [2.75, 3.05) is 30.1 Å². The summed E-state index contributed by atoms with van der Waals surface area (Å²) in [5, 5.41) is 0. The maximum atomic E-state index is 5.54. The average Bonchev–Trinajstić information content (AvgIpc) is 2.31. The van der Waals surface area contributed by atoms with Gasteiger partial charge in [0.2, 0.25) is 0 Å². The van der Waals surface area contributed by atoms with E-state index in [4.69, 9.17) is 10.6 Å². The maximum Gasteiger partial charge on any atom is 0.148 e. The summed E-state index contributed by atoms with van der Waals surface area (Å²) in [6.45, 7) is 10.4. The van der Waals surface area contributed by atoms with Crippen LogP contribution in [0.1, 0.15) is 25.2 Å². The molecule has 1 aliphatic heterocycles. The Morgan fingerprint density at radius 3 is 2.67 bits per heavy atom. The van der Waals surface area contributed by atoms with E-state index >= 15 is 0 Å². The molecule has 0 saturated carbocycles. The Morgan fingerprint density at radius 1 is 1.33 bits per heavy atom. The summed E-state index contributed by atoms with van der Waals surface area (Å²) in [6, 6.07) is 0. The first kappa shape index (κ1) is 13.0. The van der Waals surface area contributed by atoms with Crippen molar-refractivity contribution in [1.82, 2.24) is 9.97 Å². The highest BCUT2D eigenvalue weighted by molar-refractivity contribution is 5.59. The van der Waals surface area contributed by atoms with Crippen LogP contribution in [-0.2, 0) is 4.74 Å². The van der Waals surface area contributed by atoms with Gasteiger partial charge in [0.05, 0.1) is 18.8 Å². The number of nitrogen functional groups attached to an aromatic ring is 1. The van der Waals surface area contributed by atoms with Crippen LogP contribution in [0.3, 0.4) is 0 Å². The van der Waals surface area contributed by atoms with Crippen molar-refractivity contribution in [2.45, 2.75) is 33.2 Å². The fourth-order valence-corrected chi connectivity index (χ4v) is 2.27. The zero-order valence-corrected chi connectivity index (χ0v) is 11.4. The summed E-state index contributed by atoms with van der Waals surface area (Å²) < 4.78 is 5.54. The van der Waals surface area contributed by atoms with Gasteiger partial charge < -0.3 is 15.1 Å². The zero-order valence-electron chi connectivity index (χ0n) is 11.4. The number of morpholine rings is 1. The van der Waals surface area contributed by atoms with Crippen LogP contribution in [0.25, 0.3) is 0 Å². The summed E-state index contributed by atoms with van der Waals surface area (Å²) in [7, 11) is 0. The normalized spacial score (nSPS) is 18.8. The standard InChI is InChI=1S/C12H21N5O/c1-8-10(16-13)14-9(2)15-11(8)17-5-6-18-7-12(17,3)4/h5-7,13H2,1-4H3,(H,14,15,16). The SMILES string of the molecule is Cc1nc(NN)c(C)c(N2CCOCC2(C)C)n1. The van der Waals surface area contributed by atoms with Crippen molar-refractivity contribution in [3.8, 4) is 0 Å². The first-order valence-corrected chi connectivity index (χ1v) is 6.13. The van der Waals surface area contributed by atoms with Crippen molar-refractivity contribution in [3.05, 3.63) is 11.4 Å². The Kier molecular flexibility index (Phi) is 3.41. The van der Waals surface area contributed by atoms with Gasteiger partial charge in [0.25, 0.3) is 0 Å². The fraction of sp³-hybridized carbons (Fsp3) is 0.667. The Hall–Kier alpha value is -1.40. The highest BCUT2D eigenvalue weighted by Gasteiger charge is 2.33. The van der Waals surface area contributed by atoms with E-state index in [9.17, 15) is 0 Å². The molecule has 0 unspecified atom stereocenters. The Labute approximate surface area is 108 Å². The van der Waals surface area contributed by atoms with E-state index in [2.05, 4.69) is 34.1 Å². The molecule has 18 heavy (non-hydrogen) atoms. The minimum absolute atomic E-state index is 0.0737. The van der Waals surface area contributed by atoms with Crippen molar-refractivity contribution < 1.29 is 4.74 Å². The summed E-state index contributed by atoms with van der Waals surface area (Å²) in [6.07, 6.45) is 0. The number of anilines is 2. The minimum Gasteiger partial charge on any atom is -0.377 e. The molecule has 2 heterocycles. The number of hydrogen-bond acceptors (Lipinski definition) is 6. The molecule has 0 aromatic carbocycles. The molecule has 1 aromatic heterocycles. The summed E-state index contributed by atoms with van der Waals surface area (Å²) in [5.41, 5.74) is 3.53. The molecule has 1 aromatic rings. The summed E-state index contributed by atoms with van der Waals surface area (Å²) >= 11 is 0. The van der Waals surface area contributed by atoms with Crippen molar-refractivity contribution in [1.29, 1.82) is 0 Å². The second-order valence-electron chi connectivity index (χ2n) is 5.23. The molecule has 0 aliphatic carbocycles. The number of hydrazine groups is 1. The molecule has 0 spiro atoms. The van der Waals surface area contributed by atoms with Crippen molar-refractivity contribution in [3.63, 3.8) is 0 Å². The number of nitrogens with two attached hydrogens (primary N) is 1. The lowest BCUT2D eigenvalue weighted by Gasteiger charge is -2.43. The van der Waals surface area contributed by atoms with Crippen molar-refractivity contribution in [2.24, 2.45) is 5.84 Å². The van der Waals surface area contributed by atoms with E-state index in [-0.39, 0.29) is 5.54 Å². The van der Waals surface area contributed by atoms with Gasteiger partial charge in [-0.2, -0.15) is 0 Å². The van der Waals surface area contributed by atoms with Crippen molar-refractivity contribution >= 4 is 11.6 Å². The Balaban J connectivity index is 2.46. The van der Waals surface area contributed by atoms with Crippen LogP contribution in [0.5, 0.6) is 0 Å². The number of aryl methyl sites for hydroxylation is 1. The Bertz CT molecular complexity index is 446. The largest absolute Gasteiger partial charge is 0.377 e. The molecule has 0 radical (unpaired) electrons. The highest BCUT2D eigenvalue weighted by atomic mass is 16.5. The first-order chi connectivity index (χ1) is 8.45. The molecule has 1 saturated heterocycles. The third kappa shape index (κ3) is 2.26. The zero-order chi connectivity index (χ0) is 13.3. The topological polar surface area (TPSA) is 76.3 Å². The number of nitrogens with zero attached hydrogens (tertiary/aromatic N) is 3. The van der Waals surface area contributed by atoms with Crippen LogP contribution in [0.4, 0.5) is 11.6 Å². The van der Waals surface area contributed by atoms with Crippen LogP contribution in [0.15, 0.2) is 0 Å². The highest BCUT2D eigenvalue weighted by Crippen LogP contribution is 2.30. The van der Waals surface area contributed by atoms with E-state index in [1.54, 1.807) is 0 Å². The smallest absolute Gasteiger partial charge is 0.148 e. The van der Waals surface area contributed by atoms with Gasteiger partial charge in [-0.25, -0.2) is 15.8 Å². The van der Waals surface area contributed by atoms with Gasteiger partial charge >= 0.3 is 0 Å². The first-order valence-electron chi connectivity index (χ1n) is 6.13. The second kappa shape index (κ2) is 4.70. The lowest BCUT2D eigenvalue weighted by molar-refractivity contribution is 0.0638. The predicted octanol–water partition coefficient (Wildman–Crippen LogP) is 0.994. The van der Waals surface area contributed by atoms with Crippen LogP contribution >= 0.6 is 0 Å². The molecule has 3 N–H and O–H groups in total. The molecule has 6 heteroatoms. The number of rotatable bonds is 2. The molecular weight excluding hydrogens is 230 g/mol. The molecule has 100 valence electrons. The van der Waals surface area contributed by atoms with E-state index in [1.807, 2.05) is 13.8 Å². The van der Waals surface area contributed by atoms with Gasteiger partial charge in [-0.05, 0) is 27.7 Å². The minimum atomic E-state index is -0.0737. The average molecular weight is 251 g/mol. The lowest BCUT2D eigenvalue weighted by atomic mass is 10.0. The number of ether oxygens (including phenoxy) is 1. The summed E-state index contributed by atoms with van der Waals surface area (Å²) in [4.78, 5) is 11.1.